The second-order valence-electron chi connectivity index (χ2n) is 4.74. The van der Waals surface area contributed by atoms with Gasteiger partial charge in [-0.15, -0.1) is 0 Å². The van der Waals surface area contributed by atoms with Crippen molar-refractivity contribution in [3.05, 3.63) is 12.2 Å². The van der Waals surface area contributed by atoms with Crippen LogP contribution in [0.4, 0.5) is 0 Å². The third-order valence-electron chi connectivity index (χ3n) is 2.59. The van der Waals surface area contributed by atoms with E-state index in [4.69, 9.17) is 0 Å². The third-order valence-corrected chi connectivity index (χ3v) is 2.59. The normalized spacial score (nSPS) is 15.4. The largest absolute Gasteiger partial charge is 0.390 e. The molecule has 0 fully saturated rings. The molecule has 2 N–H and O–H groups in total. The van der Waals surface area contributed by atoms with E-state index in [9.17, 15) is 5.11 Å². The van der Waals surface area contributed by atoms with Gasteiger partial charge in [0.05, 0.1) is 5.60 Å². The number of nitrogens with zero attached hydrogens (tertiary/aromatic N) is 3. The van der Waals surface area contributed by atoms with Gasteiger partial charge in [-0.3, -0.25) is 0 Å². The molecule has 5 nitrogen and oxygen atoms in total. The second kappa shape index (κ2) is 5.41. The molecule has 5 heteroatoms. The average Bonchev–Trinajstić information content (AvgIpc) is 2.62. The molecule has 92 valence electrons. The van der Waals surface area contributed by atoms with E-state index in [0.717, 1.165) is 12.4 Å². The highest BCUT2D eigenvalue weighted by atomic mass is 16.3. The van der Waals surface area contributed by atoms with Gasteiger partial charge in [-0.05, 0) is 40.8 Å². The maximum absolute atomic E-state index is 10.2. The standard InChI is InChI=1S/C11H22N4O/c1-9(2)15-10(13-8-14-15)7-11(3,16)5-6-12-4/h8-9,12,16H,5-7H2,1-4H3. The van der Waals surface area contributed by atoms with E-state index in [1.807, 2.05) is 18.7 Å². The van der Waals surface area contributed by atoms with Crippen LogP contribution in [-0.2, 0) is 6.42 Å². The van der Waals surface area contributed by atoms with Crippen LogP contribution in [-0.4, -0.2) is 39.1 Å². The molecule has 0 aliphatic heterocycles. The number of aliphatic hydroxyl groups is 1. The molecule has 0 aliphatic carbocycles. The van der Waals surface area contributed by atoms with Crippen LogP contribution in [0.3, 0.4) is 0 Å². The lowest BCUT2D eigenvalue weighted by molar-refractivity contribution is 0.0486. The Labute approximate surface area is 96.9 Å². The van der Waals surface area contributed by atoms with Gasteiger partial charge < -0.3 is 10.4 Å². The predicted molar refractivity (Wildman–Crippen MR) is 63.3 cm³/mol. The summed E-state index contributed by atoms with van der Waals surface area (Å²) in [4.78, 5) is 4.20. The molecule has 1 atom stereocenters. The molecule has 0 amide bonds. The lowest BCUT2D eigenvalue weighted by Crippen LogP contribution is -2.32. The molecule has 0 saturated carbocycles. The van der Waals surface area contributed by atoms with Crippen LogP contribution in [0.5, 0.6) is 0 Å². The molecule has 1 heterocycles. The Kier molecular flexibility index (Phi) is 4.44. The number of aromatic nitrogens is 3. The number of hydrogen-bond acceptors (Lipinski definition) is 4. The fourth-order valence-corrected chi connectivity index (χ4v) is 1.66. The van der Waals surface area contributed by atoms with Crippen molar-refractivity contribution in [1.29, 1.82) is 0 Å². The zero-order valence-electron chi connectivity index (χ0n) is 10.6. The highest BCUT2D eigenvalue weighted by Crippen LogP contribution is 2.16. The Balaban J connectivity index is 2.68. The lowest BCUT2D eigenvalue weighted by atomic mass is 9.97. The monoisotopic (exact) mass is 226 g/mol. The Morgan fingerprint density at radius 1 is 1.56 bits per heavy atom. The average molecular weight is 226 g/mol. The van der Waals surface area contributed by atoms with Crippen molar-refractivity contribution in [3.63, 3.8) is 0 Å². The first kappa shape index (κ1) is 13.1. The molecule has 1 unspecified atom stereocenters. The van der Waals surface area contributed by atoms with Crippen molar-refractivity contribution in [3.8, 4) is 0 Å². The first-order valence-corrected chi connectivity index (χ1v) is 5.71. The summed E-state index contributed by atoms with van der Waals surface area (Å²) in [5, 5.41) is 17.4. The summed E-state index contributed by atoms with van der Waals surface area (Å²) in [6, 6.07) is 0.276. The highest BCUT2D eigenvalue weighted by Gasteiger charge is 2.23. The topological polar surface area (TPSA) is 63.0 Å². The van der Waals surface area contributed by atoms with Crippen molar-refractivity contribution in [2.75, 3.05) is 13.6 Å². The first-order valence-electron chi connectivity index (χ1n) is 5.71. The van der Waals surface area contributed by atoms with Crippen LogP contribution in [0.1, 0.15) is 39.1 Å². The van der Waals surface area contributed by atoms with Gasteiger partial charge in [0, 0.05) is 12.5 Å². The number of rotatable bonds is 6. The van der Waals surface area contributed by atoms with Gasteiger partial charge in [-0.2, -0.15) is 5.10 Å². The molecule has 0 aliphatic rings. The van der Waals surface area contributed by atoms with Crippen LogP contribution in [0.25, 0.3) is 0 Å². The van der Waals surface area contributed by atoms with Gasteiger partial charge >= 0.3 is 0 Å². The Morgan fingerprint density at radius 3 is 2.81 bits per heavy atom. The van der Waals surface area contributed by atoms with Crippen LogP contribution >= 0.6 is 0 Å². The van der Waals surface area contributed by atoms with Crippen molar-refractivity contribution in [1.82, 2.24) is 20.1 Å². The zero-order chi connectivity index (χ0) is 12.2. The summed E-state index contributed by atoms with van der Waals surface area (Å²) in [5.41, 5.74) is -0.733. The summed E-state index contributed by atoms with van der Waals surface area (Å²) >= 11 is 0. The second-order valence-corrected chi connectivity index (χ2v) is 4.74. The molecular formula is C11H22N4O. The molecule has 0 spiro atoms. The number of nitrogens with one attached hydrogen (secondary N) is 1. The van der Waals surface area contributed by atoms with Crippen molar-refractivity contribution in [2.45, 2.75) is 45.3 Å². The Morgan fingerprint density at radius 2 is 2.25 bits per heavy atom. The van der Waals surface area contributed by atoms with E-state index in [1.165, 1.54) is 0 Å². The van der Waals surface area contributed by atoms with Gasteiger partial charge in [-0.1, -0.05) is 0 Å². The summed E-state index contributed by atoms with van der Waals surface area (Å²) < 4.78 is 1.86. The van der Waals surface area contributed by atoms with Gasteiger partial charge in [-0.25, -0.2) is 9.67 Å². The van der Waals surface area contributed by atoms with E-state index in [0.29, 0.717) is 12.8 Å². The van der Waals surface area contributed by atoms with E-state index in [1.54, 1.807) is 6.33 Å². The van der Waals surface area contributed by atoms with Crippen molar-refractivity contribution in [2.24, 2.45) is 0 Å². The summed E-state index contributed by atoms with van der Waals surface area (Å²) in [7, 11) is 1.88. The highest BCUT2D eigenvalue weighted by molar-refractivity contribution is 4.94. The van der Waals surface area contributed by atoms with Crippen molar-refractivity contribution >= 4 is 0 Å². The molecule has 0 bridgehead atoms. The molecule has 1 rings (SSSR count). The Hall–Kier alpha value is -0.940. The molecule has 0 radical (unpaired) electrons. The molecule has 16 heavy (non-hydrogen) atoms. The Bertz CT molecular complexity index is 320. The van der Waals surface area contributed by atoms with Gasteiger partial charge in [0.15, 0.2) is 0 Å². The van der Waals surface area contributed by atoms with Crippen LogP contribution in [0, 0.1) is 0 Å². The molecular weight excluding hydrogens is 204 g/mol. The van der Waals surface area contributed by atoms with E-state index >= 15 is 0 Å². The van der Waals surface area contributed by atoms with Gasteiger partial charge in [0.25, 0.3) is 0 Å². The lowest BCUT2D eigenvalue weighted by Gasteiger charge is -2.23. The minimum absolute atomic E-state index is 0.276. The minimum atomic E-state index is -0.733. The van der Waals surface area contributed by atoms with E-state index in [-0.39, 0.29) is 6.04 Å². The maximum atomic E-state index is 10.2. The zero-order valence-corrected chi connectivity index (χ0v) is 10.6. The molecule has 1 aromatic heterocycles. The van der Waals surface area contributed by atoms with Gasteiger partial charge in [0.2, 0.25) is 0 Å². The van der Waals surface area contributed by atoms with E-state index in [2.05, 4.69) is 29.2 Å². The fraction of sp³-hybridized carbons (Fsp3) is 0.818. The van der Waals surface area contributed by atoms with E-state index < -0.39 is 5.60 Å². The molecule has 0 saturated heterocycles. The van der Waals surface area contributed by atoms with Crippen LogP contribution < -0.4 is 5.32 Å². The van der Waals surface area contributed by atoms with Crippen molar-refractivity contribution < 1.29 is 5.11 Å². The number of hydrogen-bond donors (Lipinski definition) is 2. The maximum Gasteiger partial charge on any atom is 0.138 e. The molecule has 0 aromatic carbocycles. The summed E-state index contributed by atoms with van der Waals surface area (Å²) in [6.07, 6.45) is 2.78. The predicted octanol–water partition coefficient (Wildman–Crippen LogP) is 0.762. The smallest absolute Gasteiger partial charge is 0.138 e. The van der Waals surface area contributed by atoms with Gasteiger partial charge in [0.1, 0.15) is 12.2 Å². The quantitative estimate of drug-likeness (QED) is 0.752. The minimum Gasteiger partial charge on any atom is -0.390 e. The third kappa shape index (κ3) is 3.57. The van der Waals surface area contributed by atoms with Crippen LogP contribution in [0.15, 0.2) is 6.33 Å². The summed E-state index contributed by atoms with van der Waals surface area (Å²) in [6.45, 7) is 6.74. The van der Waals surface area contributed by atoms with Crippen LogP contribution in [0.2, 0.25) is 0 Å². The SMILES string of the molecule is CNCCC(C)(O)Cc1ncnn1C(C)C. The molecule has 1 aromatic rings. The first-order chi connectivity index (χ1) is 7.46. The fourth-order valence-electron chi connectivity index (χ4n) is 1.66. The summed E-state index contributed by atoms with van der Waals surface area (Å²) in [5.74, 6) is 0.844.